The molecule has 0 unspecified atom stereocenters. The molecule has 0 atom stereocenters. The fraction of sp³-hybridized carbons (Fsp3) is 0.368. The molecule has 0 heteroatoms. The average molecular weight is 258 g/mol. The van der Waals surface area contributed by atoms with E-state index in [9.17, 15) is 0 Å². The van der Waals surface area contributed by atoms with Gasteiger partial charge in [-0.1, -0.05) is 96.6 Å². The molecule has 0 nitrogen and oxygen atoms in total. The minimum absolute atomic E-state index is 0. The maximum Gasteiger partial charge on any atom is -0.0181 e. The van der Waals surface area contributed by atoms with Gasteiger partial charge in [-0.05, 0) is 23.1 Å². The molecule has 0 aliphatic heterocycles. The lowest BCUT2D eigenvalue weighted by atomic mass is 10.0. The number of rotatable bonds is 2. The summed E-state index contributed by atoms with van der Waals surface area (Å²) >= 11 is 0. The standard InChI is InChI=1S/C14H14.2C2H6.CH4/c1-2-12-7-6-10-14(11-12)13-8-4-3-5-9-13;2*1-2;/h3-11H,2H2,1H3;2*1-2H3;1H4. The number of hydrogen-bond acceptors (Lipinski definition) is 0. The van der Waals surface area contributed by atoms with Crippen LogP contribution in [-0.2, 0) is 6.42 Å². The molecule has 0 aliphatic carbocycles. The van der Waals surface area contributed by atoms with E-state index in [0.29, 0.717) is 0 Å². The summed E-state index contributed by atoms with van der Waals surface area (Å²) in [7, 11) is 0. The van der Waals surface area contributed by atoms with Gasteiger partial charge in [0.15, 0.2) is 0 Å². The summed E-state index contributed by atoms with van der Waals surface area (Å²) in [6.07, 6.45) is 1.10. The minimum Gasteiger partial charge on any atom is -0.0776 e. The smallest absolute Gasteiger partial charge is 0.0181 e. The Morgan fingerprint density at radius 3 is 1.74 bits per heavy atom. The third kappa shape index (κ3) is 6.81. The van der Waals surface area contributed by atoms with Gasteiger partial charge in [0.1, 0.15) is 0 Å². The van der Waals surface area contributed by atoms with E-state index in [1.807, 2.05) is 33.8 Å². The summed E-state index contributed by atoms with van der Waals surface area (Å²) < 4.78 is 0. The Morgan fingerprint density at radius 1 is 0.684 bits per heavy atom. The highest BCUT2D eigenvalue weighted by Gasteiger charge is 1.96. The molecule has 0 aliphatic rings. The monoisotopic (exact) mass is 258 g/mol. The second-order valence-electron chi connectivity index (χ2n) is 3.42. The lowest BCUT2D eigenvalue weighted by Crippen LogP contribution is -1.81. The third-order valence-corrected chi connectivity index (χ3v) is 2.44. The first kappa shape index (κ1) is 19.8. The van der Waals surface area contributed by atoms with Crippen LogP contribution in [-0.4, -0.2) is 0 Å². The zero-order chi connectivity index (χ0) is 13.8. The largest absolute Gasteiger partial charge is 0.0776 e. The fourth-order valence-corrected chi connectivity index (χ4v) is 1.60. The van der Waals surface area contributed by atoms with Crippen molar-refractivity contribution in [3.8, 4) is 11.1 Å². The van der Waals surface area contributed by atoms with Gasteiger partial charge in [0.25, 0.3) is 0 Å². The lowest BCUT2D eigenvalue weighted by Gasteiger charge is -2.03. The first-order valence-corrected chi connectivity index (χ1v) is 7.04. The molecule has 0 saturated heterocycles. The van der Waals surface area contributed by atoms with Gasteiger partial charge in [-0.25, -0.2) is 0 Å². The van der Waals surface area contributed by atoms with Gasteiger partial charge < -0.3 is 0 Å². The van der Waals surface area contributed by atoms with Crippen molar-refractivity contribution in [1.82, 2.24) is 0 Å². The molecule has 2 rings (SSSR count). The van der Waals surface area contributed by atoms with Crippen molar-refractivity contribution in [3.05, 3.63) is 60.2 Å². The van der Waals surface area contributed by atoms with Gasteiger partial charge in [0.2, 0.25) is 0 Å². The van der Waals surface area contributed by atoms with Crippen molar-refractivity contribution < 1.29 is 0 Å². The van der Waals surface area contributed by atoms with Crippen LogP contribution in [0.15, 0.2) is 54.6 Å². The molecule has 0 bridgehead atoms. The van der Waals surface area contributed by atoms with Crippen LogP contribution in [0.5, 0.6) is 0 Å². The topological polar surface area (TPSA) is 0 Å². The second kappa shape index (κ2) is 12.9. The molecule has 2 aromatic rings. The quantitative estimate of drug-likeness (QED) is 0.569. The Bertz CT molecular complexity index is 401. The summed E-state index contributed by atoms with van der Waals surface area (Å²) in [5.41, 5.74) is 4.00. The van der Waals surface area contributed by atoms with Gasteiger partial charge in [0.05, 0.1) is 0 Å². The van der Waals surface area contributed by atoms with Crippen molar-refractivity contribution in [2.75, 3.05) is 0 Å². The molecule has 0 saturated carbocycles. The van der Waals surface area contributed by atoms with Crippen molar-refractivity contribution in [1.29, 1.82) is 0 Å². The number of benzene rings is 2. The van der Waals surface area contributed by atoms with Crippen molar-refractivity contribution in [2.45, 2.75) is 48.5 Å². The van der Waals surface area contributed by atoms with Crippen molar-refractivity contribution in [3.63, 3.8) is 0 Å². The Labute approximate surface area is 120 Å². The van der Waals surface area contributed by atoms with E-state index in [1.165, 1.54) is 16.7 Å². The summed E-state index contributed by atoms with van der Waals surface area (Å²) in [6, 6.07) is 19.2. The van der Waals surface area contributed by atoms with E-state index < -0.39 is 0 Å². The van der Waals surface area contributed by atoms with Crippen LogP contribution in [0, 0.1) is 0 Å². The van der Waals surface area contributed by atoms with Crippen LogP contribution in [0.2, 0.25) is 0 Å². The van der Waals surface area contributed by atoms with E-state index >= 15 is 0 Å². The van der Waals surface area contributed by atoms with Crippen LogP contribution in [0.1, 0.15) is 47.6 Å². The molecule has 106 valence electrons. The Kier molecular flexibility index (Phi) is 13.4. The van der Waals surface area contributed by atoms with Gasteiger partial charge in [-0.2, -0.15) is 0 Å². The molecular formula is C19H30. The van der Waals surface area contributed by atoms with Gasteiger partial charge in [0, 0.05) is 0 Å². The first-order chi connectivity index (χ1) is 8.90. The molecule has 0 heterocycles. The van der Waals surface area contributed by atoms with Gasteiger partial charge in [-0.3, -0.25) is 0 Å². The maximum absolute atomic E-state index is 2.26. The van der Waals surface area contributed by atoms with Crippen molar-refractivity contribution in [2.24, 2.45) is 0 Å². The lowest BCUT2D eigenvalue weighted by molar-refractivity contribution is 1.14. The van der Waals surface area contributed by atoms with E-state index in [-0.39, 0.29) is 7.43 Å². The molecule has 0 radical (unpaired) electrons. The fourth-order valence-electron chi connectivity index (χ4n) is 1.60. The van der Waals surface area contributed by atoms with E-state index in [0.717, 1.165) is 6.42 Å². The highest BCUT2D eigenvalue weighted by molar-refractivity contribution is 5.63. The first-order valence-electron chi connectivity index (χ1n) is 7.04. The SMILES string of the molecule is C.CC.CC.CCc1cccc(-c2ccccc2)c1. The highest BCUT2D eigenvalue weighted by atomic mass is 14.0. The van der Waals surface area contributed by atoms with E-state index in [2.05, 4.69) is 55.5 Å². The molecular weight excluding hydrogens is 228 g/mol. The predicted octanol–water partition coefficient (Wildman–Crippen LogP) is 6.60. The summed E-state index contributed by atoms with van der Waals surface area (Å²) in [5.74, 6) is 0. The summed E-state index contributed by atoms with van der Waals surface area (Å²) in [4.78, 5) is 0. The zero-order valence-corrected chi connectivity index (χ0v) is 12.4. The van der Waals surface area contributed by atoms with Gasteiger partial charge in [-0.15, -0.1) is 0 Å². The van der Waals surface area contributed by atoms with Crippen LogP contribution < -0.4 is 0 Å². The van der Waals surface area contributed by atoms with E-state index in [4.69, 9.17) is 0 Å². The highest BCUT2D eigenvalue weighted by Crippen LogP contribution is 2.19. The Morgan fingerprint density at radius 2 is 1.21 bits per heavy atom. The molecule has 0 N–H and O–H groups in total. The predicted molar refractivity (Wildman–Crippen MR) is 90.7 cm³/mol. The van der Waals surface area contributed by atoms with Gasteiger partial charge >= 0.3 is 0 Å². The Balaban J connectivity index is 0. The van der Waals surface area contributed by atoms with Crippen LogP contribution >= 0.6 is 0 Å². The molecule has 2 aromatic carbocycles. The molecule has 0 spiro atoms. The minimum atomic E-state index is 0. The molecule has 0 aromatic heterocycles. The van der Waals surface area contributed by atoms with Crippen molar-refractivity contribution >= 4 is 0 Å². The average Bonchev–Trinajstić information content (AvgIpc) is 2.52. The third-order valence-electron chi connectivity index (χ3n) is 2.44. The van der Waals surface area contributed by atoms with Crippen LogP contribution in [0.25, 0.3) is 11.1 Å². The number of aryl methyl sites for hydroxylation is 1. The summed E-state index contributed by atoms with van der Waals surface area (Å²) in [5, 5.41) is 0. The maximum atomic E-state index is 2.26. The zero-order valence-electron chi connectivity index (χ0n) is 12.4. The molecule has 0 fully saturated rings. The van der Waals surface area contributed by atoms with Crippen LogP contribution in [0.4, 0.5) is 0 Å². The Hall–Kier alpha value is -1.56. The summed E-state index contributed by atoms with van der Waals surface area (Å²) in [6.45, 7) is 10.2. The van der Waals surface area contributed by atoms with E-state index in [1.54, 1.807) is 0 Å². The number of hydrogen-bond donors (Lipinski definition) is 0. The molecule has 19 heavy (non-hydrogen) atoms. The second-order valence-corrected chi connectivity index (χ2v) is 3.42. The molecule has 0 amide bonds. The van der Waals surface area contributed by atoms with Crippen LogP contribution in [0.3, 0.4) is 0 Å². The normalized spacial score (nSPS) is 8.05.